The Kier molecular flexibility index (Phi) is 4.62. The smallest absolute Gasteiger partial charge is 0.171 e. The van der Waals surface area contributed by atoms with Gasteiger partial charge in [0, 0.05) is 30.6 Å². The van der Waals surface area contributed by atoms with E-state index in [-0.39, 0.29) is 40.6 Å². The normalized spacial score (nSPS) is 60.9. The van der Waals surface area contributed by atoms with Gasteiger partial charge < -0.3 is 14.6 Å². The summed E-state index contributed by atoms with van der Waals surface area (Å²) >= 11 is 0. The van der Waals surface area contributed by atoms with Gasteiger partial charge in [-0.15, -0.1) is 0 Å². The van der Waals surface area contributed by atoms with E-state index in [0.717, 1.165) is 25.9 Å². The lowest BCUT2D eigenvalue weighted by molar-refractivity contribution is -0.281. The zero-order chi connectivity index (χ0) is 21.8. The lowest BCUT2D eigenvalue weighted by atomic mass is 9.44. The SMILES string of the molecule is C[C@@H]1CC[C@@]2(OC1)O[C@H]1C(O)[C@H]3[C@@H]4CCC5CCCC[C@]5(C)[C@H]4C(=O)C[C@]3(C)[C@H]1[C@@H]2C. The third kappa shape index (κ3) is 2.62. The van der Waals surface area contributed by atoms with Crippen LogP contribution in [0, 0.1) is 52.3 Å². The molecule has 4 nitrogen and oxygen atoms in total. The van der Waals surface area contributed by atoms with Crippen molar-refractivity contribution in [2.24, 2.45) is 52.3 Å². The fourth-order valence-corrected chi connectivity index (χ4v) is 10.2. The number of aliphatic hydroxyl groups is 1. The molecule has 2 heterocycles. The first kappa shape index (κ1) is 21.1. The molecule has 2 saturated heterocycles. The fraction of sp³-hybridized carbons (Fsp3) is 0.963. The lowest BCUT2D eigenvalue weighted by Crippen LogP contribution is -2.59. The highest BCUT2D eigenvalue weighted by Crippen LogP contribution is 2.70. The Morgan fingerprint density at radius 3 is 2.52 bits per heavy atom. The van der Waals surface area contributed by atoms with Crippen LogP contribution in [0.2, 0.25) is 0 Å². The molecule has 0 bridgehead atoms. The van der Waals surface area contributed by atoms with Crippen LogP contribution in [0.4, 0.5) is 0 Å². The van der Waals surface area contributed by atoms with Gasteiger partial charge in [0.25, 0.3) is 0 Å². The third-order valence-corrected chi connectivity index (χ3v) is 11.5. The standard InChI is InChI=1S/C27H42O4/c1-15-10-12-27(30-14-15)16(2)20-24(31-27)23(29)22-18-9-8-17-7-5-6-11-25(17,3)21(18)19(28)13-26(20,22)4/h15-18,20-24,29H,5-14H2,1-4H3/t15-,16+,17?,18-,20+,21-,22-,23?,24-,25+,26-,27-/m1/s1. The van der Waals surface area contributed by atoms with Crippen molar-refractivity contribution in [1.29, 1.82) is 0 Å². The summed E-state index contributed by atoms with van der Waals surface area (Å²) in [5.74, 6) is 2.31. The Morgan fingerprint density at radius 1 is 0.968 bits per heavy atom. The molecule has 0 aromatic carbocycles. The Labute approximate surface area is 187 Å². The van der Waals surface area contributed by atoms with Crippen LogP contribution >= 0.6 is 0 Å². The molecule has 0 amide bonds. The number of ether oxygens (including phenoxy) is 2. The molecular formula is C27H42O4. The van der Waals surface area contributed by atoms with Crippen molar-refractivity contribution in [3.05, 3.63) is 0 Å². The van der Waals surface area contributed by atoms with E-state index in [9.17, 15) is 9.90 Å². The summed E-state index contributed by atoms with van der Waals surface area (Å²) in [6.45, 7) is 9.99. The van der Waals surface area contributed by atoms with E-state index in [0.29, 0.717) is 30.0 Å². The molecule has 12 atom stereocenters. The molecule has 4 aliphatic carbocycles. The monoisotopic (exact) mass is 430 g/mol. The summed E-state index contributed by atoms with van der Waals surface area (Å²) in [5.41, 5.74) is -0.0249. The summed E-state index contributed by atoms with van der Waals surface area (Å²) in [4.78, 5) is 13.9. The minimum atomic E-state index is -0.552. The first-order chi connectivity index (χ1) is 14.7. The van der Waals surface area contributed by atoms with Crippen molar-refractivity contribution in [2.75, 3.05) is 6.61 Å². The molecule has 0 aromatic heterocycles. The van der Waals surface area contributed by atoms with Crippen LogP contribution < -0.4 is 0 Å². The maximum atomic E-state index is 13.9. The van der Waals surface area contributed by atoms with Crippen LogP contribution in [-0.4, -0.2) is 35.5 Å². The number of hydrogen-bond acceptors (Lipinski definition) is 4. The highest BCUT2D eigenvalue weighted by atomic mass is 16.7. The lowest BCUT2D eigenvalue weighted by Gasteiger charge is -2.60. The minimum Gasteiger partial charge on any atom is -0.390 e. The van der Waals surface area contributed by atoms with Gasteiger partial charge in [-0.1, -0.05) is 40.5 Å². The first-order valence-corrected chi connectivity index (χ1v) is 13.2. The minimum absolute atomic E-state index is 0.146. The van der Waals surface area contributed by atoms with Crippen molar-refractivity contribution in [3.63, 3.8) is 0 Å². The number of Topliss-reactive ketones (excluding diaryl/α,β-unsaturated/α-hetero) is 1. The van der Waals surface area contributed by atoms with E-state index in [1.165, 1.54) is 32.1 Å². The first-order valence-electron chi connectivity index (χ1n) is 13.2. The van der Waals surface area contributed by atoms with Gasteiger partial charge in [0.15, 0.2) is 5.79 Å². The van der Waals surface area contributed by atoms with Crippen molar-refractivity contribution in [3.8, 4) is 0 Å². The molecule has 2 aliphatic heterocycles. The second-order valence-electron chi connectivity index (χ2n) is 13.0. The molecule has 6 fully saturated rings. The van der Waals surface area contributed by atoms with Crippen LogP contribution in [0.15, 0.2) is 0 Å². The summed E-state index contributed by atoms with van der Waals surface area (Å²) < 4.78 is 13.1. The number of rotatable bonds is 0. The Bertz CT molecular complexity index is 756. The largest absolute Gasteiger partial charge is 0.390 e. The fourth-order valence-electron chi connectivity index (χ4n) is 10.2. The summed E-state index contributed by atoms with van der Waals surface area (Å²) in [6.07, 6.45) is 9.43. The van der Waals surface area contributed by atoms with Gasteiger partial charge in [0.05, 0.1) is 18.8 Å². The molecule has 1 spiro atoms. The molecule has 6 aliphatic rings. The van der Waals surface area contributed by atoms with Crippen molar-refractivity contribution in [2.45, 2.75) is 103 Å². The van der Waals surface area contributed by atoms with Crippen molar-refractivity contribution in [1.82, 2.24) is 0 Å². The Hall–Kier alpha value is -0.450. The van der Waals surface area contributed by atoms with Gasteiger partial charge in [-0.2, -0.15) is 0 Å². The van der Waals surface area contributed by atoms with E-state index in [1.807, 2.05) is 0 Å². The van der Waals surface area contributed by atoms with Crippen LogP contribution in [0.3, 0.4) is 0 Å². The van der Waals surface area contributed by atoms with Gasteiger partial charge in [-0.05, 0) is 66.6 Å². The Balaban J connectivity index is 1.35. The molecule has 4 saturated carbocycles. The van der Waals surface area contributed by atoms with Gasteiger partial charge in [0.2, 0.25) is 0 Å². The Morgan fingerprint density at radius 2 is 1.77 bits per heavy atom. The quantitative estimate of drug-likeness (QED) is 0.589. The van der Waals surface area contributed by atoms with E-state index < -0.39 is 11.9 Å². The van der Waals surface area contributed by atoms with E-state index >= 15 is 0 Å². The van der Waals surface area contributed by atoms with Crippen molar-refractivity contribution < 1.29 is 19.4 Å². The summed E-state index contributed by atoms with van der Waals surface area (Å²) in [5, 5.41) is 11.8. The third-order valence-electron chi connectivity index (χ3n) is 11.5. The molecule has 0 aromatic rings. The average molecular weight is 431 g/mol. The van der Waals surface area contributed by atoms with Crippen LogP contribution in [0.5, 0.6) is 0 Å². The number of hydrogen-bond donors (Lipinski definition) is 1. The number of carbonyl (C=O) groups excluding carboxylic acids is 1. The predicted molar refractivity (Wildman–Crippen MR) is 118 cm³/mol. The molecule has 31 heavy (non-hydrogen) atoms. The topological polar surface area (TPSA) is 55.8 Å². The number of carbonyl (C=O) groups is 1. The number of ketones is 1. The molecule has 0 radical (unpaired) electrons. The van der Waals surface area contributed by atoms with Crippen molar-refractivity contribution >= 4 is 5.78 Å². The molecule has 1 N–H and O–H groups in total. The highest BCUT2D eigenvalue weighted by molar-refractivity contribution is 5.84. The number of aliphatic hydroxyl groups excluding tert-OH is 1. The van der Waals surface area contributed by atoms with Gasteiger partial charge >= 0.3 is 0 Å². The summed E-state index contributed by atoms with van der Waals surface area (Å²) in [7, 11) is 0. The maximum Gasteiger partial charge on any atom is 0.171 e. The second-order valence-corrected chi connectivity index (χ2v) is 13.0. The summed E-state index contributed by atoms with van der Waals surface area (Å²) in [6, 6.07) is 0. The van der Waals surface area contributed by atoms with Crippen LogP contribution in [0.25, 0.3) is 0 Å². The van der Waals surface area contributed by atoms with Gasteiger partial charge in [0.1, 0.15) is 5.78 Å². The van der Waals surface area contributed by atoms with E-state index in [4.69, 9.17) is 9.47 Å². The average Bonchev–Trinajstić information content (AvgIpc) is 3.13. The van der Waals surface area contributed by atoms with E-state index in [2.05, 4.69) is 27.7 Å². The molecule has 6 rings (SSSR count). The highest BCUT2D eigenvalue weighted by Gasteiger charge is 2.73. The van der Waals surface area contributed by atoms with Crippen LogP contribution in [0.1, 0.15) is 85.5 Å². The molecule has 174 valence electrons. The molecular weight excluding hydrogens is 388 g/mol. The predicted octanol–water partition coefficient (Wildman–Crippen LogP) is 4.97. The molecule has 2 unspecified atom stereocenters. The second kappa shape index (κ2) is 6.79. The zero-order valence-electron chi connectivity index (χ0n) is 19.9. The van der Waals surface area contributed by atoms with Gasteiger partial charge in [-0.25, -0.2) is 0 Å². The number of fused-ring (bicyclic) bond motifs is 7. The maximum absolute atomic E-state index is 13.9. The zero-order valence-corrected chi connectivity index (χ0v) is 19.9. The van der Waals surface area contributed by atoms with Crippen LogP contribution in [-0.2, 0) is 14.3 Å². The van der Waals surface area contributed by atoms with E-state index in [1.54, 1.807) is 0 Å². The molecule has 4 heteroatoms. The van der Waals surface area contributed by atoms with Gasteiger partial charge in [-0.3, -0.25) is 4.79 Å².